The van der Waals surface area contributed by atoms with Crippen LogP contribution in [0.1, 0.15) is 162 Å². The molecular formula is C38H72O14Zr. The largest absolute Gasteiger partial charge is 0.480 e. The molecular weight excluding hydrogens is 772 g/mol. The van der Waals surface area contributed by atoms with E-state index in [-0.39, 0.29) is 61.5 Å². The molecule has 0 unspecified atom stereocenters. The molecule has 0 atom stereocenters. The molecule has 0 heterocycles. The van der Waals surface area contributed by atoms with Crippen LogP contribution in [0.2, 0.25) is 0 Å². The summed E-state index contributed by atoms with van der Waals surface area (Å²) in [7, 11) is 0. The maximum Gasteiger partial charge on any atom is 0.317 e. The van der Waals surface area contributed by atoms with Gasteiger partial charge >= 0.3 is 23.9 Å². The van der Waals surface area contributed by atoms with Crippen molar-refractivity contribution >= 4 is 47.0 Å². The normalized spacial score (nSPS) is 10.6. The second kappa shape index (κ2) is 32.8. The van der Waals surface area contributed by atoms with Crippen LogP contribution in [-0.2, 0) is 64.6 Å². The van der Waals surface area contributed by atoms with Crippen molar-refractivity contribution in [1.29, 1.82) is 0 Å². The molecule has 15 heteroatoms. The Kier molecular flexibility index (Phi) is 40.3. The smallest absolute Gasteiger partial charge is 0.317 e. The molecule has 0 aromatic heterocycles. The van der Waals surface area contributed by atoms with Crippen LogP contribution in [0, 0.1) is 21.7 Å². The molecule has 0 fully saturated rings. The monoisotopic (exact) mass is 842 g/mol. The van der Waals surface area contributed by atoms with E-state index in [0.29, 0.717) is 51.4 Å². The Morgan fingerprint density at radius 3 is 0.434 bits per heavy atom. The van der Waals surface area contributed by atoms with E-state index >= 15 is 0 Å². The second-order valence-electron chi connectivity index (χ2n) is 12.8. The molecule has 0 spiro atoms. The predicted molar refractivity (Wildman–Crippen MR) is 200 cm³/mol. The van der Waals surface area contributed by atoms with E-state index in [1.807, 2.05) is 0 Å². The van der Waals surface area contributed by atoms with Gasteiger partial charge in [0.05, 0.1) is 0 Å². The number of carbonyl (C=O) groups is 8. The molecule has 0 aliphatic carbocycles. The van der Waals surface area contributed by atoms with Crippen LogP contribution in [0.3, 0.4) is 0 Å². The number of rotatable bonds is 16. The number of Topliss-reactive ketones (excluding diaryl/α,β-unsaturated/α-hetero) is 4. The molecule has 0 aliphatic rings. The van der Waals surface area contributed by atoms with Gasteiger partial charge in [0.15, 0.2) is 0 Å². The fourth-order valence-electron chi connectivity index (χ4n) is 4.80. The van der Waals surface area contributed by atoms with Gasteiger partial charge in [-0.1, -0.05) is 55.4 Å². The van der Waals surface area contributed by atoms with E-state index in [1.165, 1.54) is 27.7 Å². The van der Waals surface area contributed by atoms with Gasteiger partial charge in [0, 0.05) is 38.4 Å². The number of ketones is 4. The fourth-order valence-corrected chi connectivity index (χ4v) is 4.80. The standard InChI is InChI=1S/4C8H14O3.2C3H8O.Zr/c4*1-4-8(5-2,6(3)9)7(10)11;2*1-3(2)4;/h4*4-5H2,1-3H3,(H,10,11);2*3-4H,1-2H3;. The van der Waals surface area contributed by atoms with Gasteiger partial charge in [0.2, 0.25) is 0 Å². The Bertz CT molecular complexity index is 861. The second-order valence-corrected chi connectivity index (χ2v) is 12.8. The summed E-state index contributed by atoms with van der Waals surface area (Å²) in [6, 6.07) is 0. The van der Waals surface area contributed by atoms with Gasteiger partial charge in [-0.05, 0) is 107 Å². The Morgan fingerprint density at radius 2 is 0.434 bits per heavy atom. The van der Waals surface area contributed by atoms with Crippen molar-refractivity contribution in [1.82, 2.24) is 0 Å². The average molecular weight is 844 g/mol. The number of aliphatic carboxylic acids is 4. The molecule has 0 aromatic rings. The van der Waals surface area contributed by atoms with Crippen LogP contribution in [-0.4, -0.2) is 89.9 Å². The number of aliphatic hydroxyl groups is 2. The van der Waals surface area contributed by atoms with Crippen LogP contribution in [0.4, 0.5) is 0 Å². The van der Waals surface area contributed by atoms with E-state index in [1.54, 1.807) is 83.1 Å². The minimum atomic E-state index is -1.14. The topological polar surface area (TPSA) is 258 Å². The Hall–Kier alpha value is -2.64. The molecule has 14 nitrogen and oxygen atoms in total. The molecule has 0 rings (SSSR count). The van der Waals surface area contributed by atoms with Gasteiger partial charge in [-0.15, -0.1) is 0 Å². The van der Waals surface area contributed by atoms with Crippen LogP contribution in [0.15, 0.2) is 0 Å². The summed E-state index contributed by atoms with van der Waals surface area (Å²) in [5.41, 5.74) is -4.56. The first kappa shape index (κ1) is 65.3. The molecule has 0 aromatic carbocycles. The molecule has 0 radical (unpaired) electrons. The molecule has 53 heavy (non-hydrogen) atoms. The number of carbonyl (C=O) groups excluding carboxylic acids is 4. The zero-order chi connectivity index (χ0) is 43.4. The third kappa shape index (κ3) is 23.0. The average Bonchev–Trinajstić information content (AvgIpc) is 3.00. The van der Waals surface area contributed by atoms with Crippen LogP contribution < -0.4 is 0 Å². The maximum atomic E-state index is 11.0. The van der Waals surface area contributed by atoms with Crippen LogP contribution >= 0.6 is 0 Å². The van der Waals surface area contributed by atoms with Gasteiger partial charge < -0.3 is 30.6 Å². The van der Waals surface area contributed by atoms with Crippen molar-refractivity contribution in [2.45, 2.75) is 174 Å². The number of carboxylic acids is 4. The summed E-state index contributed by atoms with van der Waals surface area (Å²) in [4.78, 5) is 86.8. The SMILES string of the molecule is CC(C)O.CC(C)O.CCC(CC)(C(C)=O)C(=O)O.CCC(CC)(C(C)=O)C(=O)O.CCC(CC)(C(C)=O)C(=O)O.CCC(CC)(C(C)=O)C(=O)O.[Zr]. The van der Waals surface area contributed by atoms with Crippen molar-refractivity contribution in [2.24, 2.45) is 21.7 Å². The zero-order valence-corrected chi connectivity index (χ0v) is 37.7. The number of hydrogen-bond donors (Lipinski definition) is 6. The van der Waals surface area contributed by atoms with Gasteiger partial charge in [0.1, 0.15) is 44.8 Å². The van der Waals surface area contributed by atoms with E-state index in [4.69, 9.17) is 30.6 Å². The van der Waals surface area contributed by atoms with Gasteiger partial charge in [0.25, 0.3) is 0 Å². The van der Waals surface area contributed by atoms with Gasteiger partial charge in [-0.25, -0.2) is 0 Å². The number of carboxylic acid groups (broad SMARTS) is 4. The number of aliphatic hydroxyl groups excluding tert-OH is 2. The summed E-state index contributed by atoms with van der Waals surface area (Å²) in [6.45, 7) is 26.0. The van der Waals surface area contributed by atoms with Crippen LogP contribution in [0.25, 0.3) is 0 Å². The number of hydrogen-bond acceptors (Lipinski definition) is 10. The fraction of sp³-hybridized carbons (Fsp3) is 0.789. The molecule has 6 N–H and O–H groups in total. The quantitative estimate of drug-likeness (QED) is 0.0891. The first-order valence-corrected chi connectivity index (χ1v) is 17.8. The third-order valence-corrected chi connectivity index (χ3v) is 9.16. The van der Waals surface area contributed by atoms with Crippen molar-refractivity contribution in [3.05, 3.63) is 0 Å². The van der Waals surface area contributed by atoms with Crippen molar-refractivity contribution in [3.8, 4) is 0 Å². The zero-order valence-electron chi connectivity index (χ0n) is 35.3. The first-order valence-electron chi connectivity index (χ1n) is 17.8. The predicted octanol–water partition coefficient (Wildman–Crippen LogP) is 6.64. The molecule has 0 saturated heterocycles. The maximum absolute atomic E-state index is 11.0. The molecule has 0 aliphatic heterocycles. The van der Waals surface area contributed by atoms with E-state index in [2.05, 4.69) is 0 Å². The summed E-state index contributed by atoms with van der Waals surface area (Å²) in [5, 5.41) is 51.2. The third-order valence-electron chi connectivity index (χ3n) is 9.16. The molecule has 312 valence electrons. The Balaban J connectivity index is -0.0000000989. The molecule has 0 bridgehead atoms. The molecule has 0 saturated carbocycles. The van der Waals surface area contributed by atoms with Gasteiger partial charge in [-0.2, -0.15) is 0 Å². The van der Waals surface area contributed by atoms with Crippen LogP contribution in [0.5, 0.6) is 0 Å². The summed E-state index contributed by atoms with van der Waals surface area (Å²) >= 11 is 0. The minimum Gasteiger partial charge on any atom is -0.480 e. The Morgan fingerprint density at radius 1 is 0.358 bits per heavy atom. The summed E-state index contributed by atoms with van der Waals surface area (Å²) in [5.74, 6) is -5.04. The minimum absolute atomic E-state index is 0. The first-order chi connectivity index (χ1) is 23.5. The van der Waals surface area contributed by atoms with Gasteiger partial charge in [-0.3, -0.25) is 38.4 Å². The molecule has 0 amide bonds. The van der Waals surface area contributed by atoms with Crippen molar-refractivity contribution < 1.29 is 95.2 Å². The van der Waals surface area contributed by atoms with E-state index in [0.717, 1.165) is 0 Å². The summed E-state index contributed by atoms with van der Waals surface area (Å²) in [6.07, 6.45) is 2.62. The van der Waals surface area contributed by atoms with Crippen molar-refractivity contribution in [2.75, 3.05) is 0 Å². The van der Waals surface area contributed by atoms with Crippen molar-refractivity contribution in [3.63, 3.8) is 0 Å². The Labute approximate surface area is 337 Å². The van der Waals surface area contributed by atoms with E-state index < -0.39 is 45.5 Å². The van der Waals surface area contributed by atoms with E-state index in [9.17, 15) is 38.4 Å². The summed E-state index contributed by atoms with van der Waals surface area (Å²) < 4.78 is 0.